The molecule has 0 heterocycles. The van der Waals surface area contributed by atoms with Gasteiger partial charge in [-0.15, -0.1) is 0 Å². The minimum absolute atomic E-state index is 0.0907. The van der Waals surface area contributed by atoms with Gasteiger partial charge in [0.25, 0.3) is 0 Å². The second-order valence-electron chi connectivity index (χ2n) is 4.86. The molecular formula is C17H18ClNO. The summed E-state index contributed by atoms with van der Waals surface area (Å²) in [7, 11) is 0. The summed E-state index contributed by atoms with van der Waals surface area (Å²) in [6.45, 7) is 2.17. The number of unbranched alkanes of at least 4 members (excludes halogenated alkanes) is 1. The van der Waals surface area contributed by atoms with Crippen LogP contribution in [0.15, 0.2) is 42.5 Å². The Morgan fingerprint density at radius 1 is 1.15 bits per heavy atom. The molecular weight excluding hydrogens is 270 g/mol. The summed E-state index contributed by atoms with van der Waals surface area (Å²) in [6, 6.07) is 12.7. The van der Waals surface area contributed by atoms with Crippen LogP contribution in [0.3, 0.4) is 0 Å². The van der Waals surface area contributed by atoms with E-state index >= 15 is 0 Å². The second-order valence-corrected chi connectivity index (χ2v) is 5.30. The molecule has 0 bridgehead atoms. The Balaban J connectivity index is 2.22. The molecule has 0 saturated carbocycles. The minimum atomic E-state index is -0.0907. The van der Waals surface area contributed by atoms with E-state index in [1.165, 1.54) is 12.0 Å². The Morgan fingerprint density at radius 2 is 1.85 bits per heavy atom. The zero-order chi connectivity index (χ0) is 14.5. The van der Waals surface area contributed by atoms with Crippen molar-refractivity contribution in [3.05, 3.63) is 64.2 Å². The van der Waals surface area contributed by atoms with Gasteiger partial charge in [-0.05, 0) is 36.6 Å². The number of anilines is 1. The van der Waals surface area contributed by atoms with E-state index in [1.54, 1.807) is 18.2 Å². The molecule has 20 heavy (non-hydrogen) atoms. The fourth-order valence-electron chi connectivity index (χ4n) is 2.08. The van der Waals surface area contributed by atoms with E-state index in [1.807, 2.05) is 24.3 Å². The molecule has 2 aromatic rings. The molecule has 0 saturated heterocycles. The molecule has 0 aromatic heterocycles. The number of carbonyl (C=O) groups is 1. The van der Waals surface area contributed by atoms with Gasteiger partial charge >= 0.3 is 0 Å². The lowest BCUT2D eigenvalue weighted by atomic mass is 9.99. The van der Waals surface area contributed by atoms with Crippen molar-refractivity contribution in [2.75, 3.05) is 5.73 Å². The number of rotatable bonds is 5. The fourth-order valence-corrected chi connectivity index (χ4v) is 2.26. The van der Waals surface area contributed by atoms with Crippen molar-refractivity contribution in [3.8, 4) is 0 Å². The van der Waals surface area contributed by atoms with E-state index in [9.17, 15) is 4.79 Å². The third-order valence-electron chi connectivity index (χ3n) is 3.30. The Bertz CT molecular complexity index is 605. The van der Waals surface area contributed by atoms with Crippen LogP contribution in [0.4, 0.5) is 5.69 Å². The molecule has 0 aliphatic rings. The van der Waals surface area contributed by atoms with Crippen LogP contribution in [-0.2, 0) is 6.42 Å². The maximum atomic E-state index is 12.4. The molecule has 0 amide bonds. The average molecular weight is 288 g/mol. The molecule has 0 aliphatic carbocycles. The molecule has 2 N–H and O–H groups in total. The van der Waals surface area contributed by atoms with Crippen LogP contribution in [-0.4, -0.2) is 5.78 Å². The highest BCUT2D eigenvalue weighted by atomic mass is 35.5. The van der Waals surface area contributed by atoms with Crippen molar-refractivity contribution in [1.82, 2.24) is 0 Å². The molecule has 2 rings (SSSR count). The van der Waals surface area contributed by atoms with Gasteiger partial charge in [-0.3, -0.25) is 4.79 Å². The Morgan fingerprint density at radius 3 is 2.50 bits per heavy atom. The number of hydrogen-bond donors (Lipinski definition) is 1. The third kappa shape index (κ3) is 3.40. The first kappa shape index (κ1) is 14.6. The van der Waals surface area contributed by atoms with Gasteiger partial charge in [0.1, 0.15) is 0 Å². The lowest BCUT2D eigenvalue weighted by molar-refractivity contribution is 0.103. The lowest BCUT2D eigenvalue weighted by Crippen LogP contribution is -2.05. The highest BCUT2D eigenvalue weighted by Gasteiger charge is 2.12. The Labute approximate surface area is 124 Å². The number of halogens is 1. The van der Waals surface area contributed by atoms with Crippen molar-refractivity contribution < 1.29 is 4.79 Å². The van der Waals surface area contributed by atoms with E-state index in [4.69, 9.17) is 17.3 Å². The molecule has 0 atom stereocenters. The van der Waals surface area contributed by atoms with E-state index in [0.717, 1.165) is 12.8 Å². The van der Waals surface area contributed by atoms with Crippen LogP contribution in [0.5, 0.6) is 0 Å². The summed E-state index contributed by atoms with van der Waals surface area (Å²) in [6.07, 6.45) is 3.37. The third-order valence-corrected chi connectivity index (χ3v) is 3.53. The molecule has 3 heteroatoms. The van der Waals surface area contributed by atoms with Gasteiger partial charge in [0.05, 0.1) is 0 Å². The zero-order valence-corrected chi connectivity index (χ0v) is 12.3. The normalized spacial score (nSPS) is 10.5. The molecule has 0 fully saturated rings. The number of carbonyl (C=O) groups excluding carboxylic acids is 1. The van der Waals surface area contributed by atoms with E-state index in [0.29, 0.717) is 21.8 Å². The zero-order valence-electron chi connectivity index (χ0n) is 11.5. The van der Waals surface area contributed by atoms with Crippen molar-refractivity contribution in [2.24, 2.45) is 0 Å². The first-order valence-electron chi connectivity index (χ1n) is 6.80. The topological polar surface area (TPSA) is 43.1 Å². The van der Waals surface area contributed by atoms with Gasteiger partial charge in [-0.2, -0.15) is 0 Å². The van der Waals surface area contributed by atoms with Gasteiger partial charge in [-0.25, -0.2) is 0 Å². The van der Waals surface area contributed by atoms with Gasteiger partial charge in [0.15, 0.2) is 5.78 Å². The standard InChI is InChI=1S/C17H18ClNO/c1-2-3-4-12-5-7-13(8-6-12)17(20)15-11-14(18)9-10-16(15)19/h5-11H,2-4,19H2,1H3. The van der Waals surface area contributed by atoms with Crippen LogP contribution in [0.1, 0.15) is 41.3 Å². The molecule has 0 unspecified atom stereocenters. The van der Waals surface area contributed by atoms with Crippen LogP contribution in [0, 0.1) is 0 Å². The molecule has 0 aliphatic heterocycles. The molecule has 0 radical (unpaired) electrons. The van der Waals surface area contributed by atoms with Crippen molar-refractivity contribution >= 4 is 23.1 Å². The molecule has 2 nitrogen and oxygen atoms in total. The first-order chi connectivity index (χ1) is 9.61. The van der Waals surface area contributed by atoms with E-state index < -0.39 is 0 Å². The first-order valence-corrected chi connectivity index (χ1v) is 7.18. The Hall–Kier alpha value is -1.80. The number of ketones is 1. The van der Waals surface area contributed by atoms with Crippen molar-refractivity contribution in [2.45, 2.75) is 26.2 Å². The van der Waals surface area contributed by atoms with E-state index in [-0.39, 0.29) is 5.78 Å². The maximum absolute atomic E-state index is 12.4. The van der Waals surface area contributed by atoms with Gasteiger partial charge in [0, 0.05) is 21.8 Å². The number of nitrogen functional groups attached to an aromatic ring is 1. The summed E-state index contributed by atoms with van der Waals surface area (Å²) in [5.41, 5.74) is 8.64. The summed E-state index contributed by atoms with van der Waals surface area (Å²) in [5, 5.41) is 0.516. The van der Waals surface area contributed by atoms with Crippen LogP contribution in [0.25, 0.3) is 0 Å². The molecule has 104 valence electrons. The summed E-state index contributed by atoms with van der Waals surface area (Å²) in [4.78, 5) is 12.4. The van der Waals surface area contributed by atoms with Gasteiger partial charge in [-0.1, -0.05) is 49.2 Å². The van der Waals surface area contributed by atoms with Crippen LogP contribution >= 0.6 is 11.6 Å². The maximum Gasteiger partial charge on any atom is 0.195 e. The van der Waals surface area contributed by atoms with Crippen molar-refractivity contribution in [3.63, 3.8) is 0 Å². The minimum Gasteiger partial charge on any atom is -0.398 e. The second kappa shape index (κ2) is 6.58. The number of nitrogens with two attached hydrogens (primary N) is 1. The largest absolute Gasteiger partial charge is 0.398 e. The average Bonchev–Trinajstić information content (AvgIpc) is 2.47. The quantitative estimate of drug-likeness (QED) is 0.650. The summed E-state index contributed by atoms with van der Waals surface area (Å²) in [5.74, 6) is -0.0907. The van der Waals surface area contributed by atoms with Gasteiger partial charge in [0.2, 0.25) is 0 Å². The smallest absolute Gasteiger partial charge is 0.195 e. The fraction of sp³-hybridized carbons (Fsp3) is 0.235. The highest BCUT2D eigenvalue weighted by molar-refractivity contribution is 6.31. The number of benzene rings is 2. The summed E-state index contributed by atoms with van der Waals surface area (Å²) < 4.78 is 0. The molecule has 2 aromatic carbocycles. The summed E-state index contributed by atoms with van der Waals surface area (Å²) >= 11 is 5.92. The van der Waals surface area contributed by atoms with Crippen LogP contribution in [0.2, 0.25) is 5.02 Å². The Kier molecular flexibility index (Phi) is 4.80. The van der Waals surface area contributed by atoms with E-state index in [2.05, 4.69) is 6.92 Å². The van der Waals surface area contributed by atoms with Gasteiger partial charge < -0.3 is 5.73 Å². The van der Waals surface area contributed by atoms with Crippen molar-refractivity contribution in [1.29, 1.82) is 0 Å². The predicted molar refractivity (Wildman–Crippen MR) is 84.4 cm³/mol. The SMILES string of the molecule is CCCCc1ccc(C(=O)c2cc(Cl)ccc2N)cc1. The lowest BCUT2D eigenvalue weighted by Gasteiger charge is -2.06. The monoisotopic (exact) mass is 287 g/mol. The number of hydrogen-bond acceptors (Lipinski definition) is 2. The molecule has 0 spiro atoms. The highest BCUT2D eigenvalue weighted by Crippen LogP contribution is 2.21. The number of aryl methyl sites for hydroxylation is 1. The van der Waals surface area contributed by atoms with Crippen LogP contribution < -0.4 is 5.73 Å². The predicted octanol–water partition coefficient (Wildman–Crippen LogP) is 4.50.